The fourth-order valence-corrected chi connectivity index (χ4v) is 0.947. The molecule has 0 radical (unpaired) electrons. The summed E-state index contributed by atoms with van der Waals surface area (Å²) in [5, 5.41) is 10.9. The fourth-order valence-electron chi connectivity index (χ4n) is 0.947. The average Bonchev–Trinajstić information content (AvgIpc) is 2.11. The van der Waals surface area contributed by atoms with Crippen molar-refractivity contribution >= 4 is 5.71 Å². The Morgan fingerprint density at radius 1 is 1.50 bits per heavy atom. The molecule has 2 N–H and O–H groups in total. The van der Waals surface area contributed by atoms with Gasteiger partial charge >= 0.3 is 0 Å². The third-order valence-electron chi connectivity index (χ3n) is 2.23. The van der Waals surface area contributed by atoms with Crippen LogP contribution in [0.3, 0.4) is 0 Å². The van der Waals surface area contributed by atoms with Gasteiger partial charge in [-0.05, 0) is 27.1 Å². The van der Waals surface area contributed by atoms with E-state index in [1.165, 1.54) is 0 Å². The fraction of sp³-hybridized carbons (Fsp3) is 0.889. The smallest absolute Gasteiger partial charge is 0.0455 e. The highest BCUT2D eigenvalue weighted by Crippen LogP contribution is 1.95. The number of nitrogens with zero attached hydrogens (tertiary/aromatic N) is 1. The highest BCUT2D eigenvalue weighted by Gasteiger charge is 2.11. The van der Waals surface area contributed by atoms with Gasteiger partial charge in [0.1, 0.15) is 0 Å². The molecule has 0 bridgehead atoms. The molecule has 72 valence electrons. The Labute approximate surface area is 75.7 Å². The maximum atomic E-state index is 7.73. The lowest BCUT2D eigenvalue weighted by Gasteiger charge is -2.23. The van der Waals surface area contributed by atoms with Crippen molar-refractivity contribution in [2.75, 3.05) is 26.7 Å². The van der Waals surface area contributed by atoms with Crippen molar-refractivity contribution in [1.82, 2.24) is 10.2 Å². The van der Waals surface area contributed by atoms with Crippen LogP contribution >= 0.6 is 0 Å². The number of hydrogen-bond donors (Lipinski definition) is 2. The van der Waals surface area contributed by atoms with Crippen molar-refractivity contribution < 1.29 is 0 Å². The van der Waals surface area contributed by atoms with Gasteiger partial charge in [0.25, 0.3) is 0 Å². The second-order valence-electron chi connectivity index (χ2n) is 3.05. The Morgan fingerprint density at radius 2 is 2.08 bits per heavy atom. The Hall–Kier alpha value is -0.410. The molecule has 1 unspecified atom stereocenters. The molecule has 0 saturated heterocycles. The van der Waals surface area contributed by atoms with Crippen LogP contribution in [0.1, 0.15) is 20.8 Å². The first-order chi connectivity index (χ1) is 5.63. The molecule has 0 spiro atoms. The first-order valence-electron chi connectivity index (χ1n) is 4.61. The minimum Gasteiger partial charge on any atom is -0.312 e. The summed E-state index contributed by atoms with van der Waals surface area (Å²) >= 11 is 0. The lowest BCUT2D eigenvalue weighted by Crippen LogP contribution is -2.40. The quantitative estimate of drug-likeness (QED) is 0.584. The third-order valence-corrected chi connectivity index (χ3v) is 2.23. The van der Waals surface area contributed by atoms with Crippen LogP contribution in [0.25, 0.3) is 0 Å². The van der Waals surface area contributed by atoms with Gasteiger partial charge in [-0.25, -0.2) is 0 Å². The third kappa shape index (κ3) is 3.83. The Balaban J connectivity index is 3.75. The predicted octanol–water partition coefficient (Wildman–Crippen LogP) is 0.956. The number of rotatable bonds is 6. The Bertz CT molecular complexity index is 134. The van der Waals surface area contributed by atoms with Crippen molar-refractivity contribution in [1.29, 1.82) is 5.41 Å². The molecule has 0 aliphatic heterocycles. The van der Waals surface area contributed by atoms with Gasteiger partial charge in [-0.15, -0.1) is 0 Å². The zero-order chi connectivity index (χ0) is 9.56. The number of hydrogen-bond acceptors (Lipinski definition) is 3. The number of nitrogens with one attached hydrogen (secondary N) is 2. The van der Waals surface area contributed by atoms with Crippen molar-refractivity contribution in [3.63, 3.8) is 0 Å². The summed E-state index contributed by atoms with van der Waals surface area (Å²) in [6.45, 7) is 8.88. The van der Waals surface area contributed by atoms with Crippen LogP contribution in [-0.4, -0.2) is 43.3 Å². The van der Waals surface area contributed by atoms with Crippen molar-refractivity contribution in [3.05, 3.63) is 0 Å². The lowest BCUT2D eigenvalue weighted by atomic mass is 10.2. The SMILES string of the molecule is CCNCC(=N)C(C)N(C)CC. The molecular weight excluding hydrogens is 150 g/mol. The van der Waals surface area contributed by atoms with E-state index in [1.807, 2.05) is 7.05 Å². The molecule has 3 heteroatoms. The average molecular weight is 171 g/mol. The summed E-state index contributed by atoms with van der Waals surface area (Å²) in [6, 6.07) is 0.258. The molecule has 1 atom stereocenters. The van der Waals surface area contributed by atoms with Crippen molar-refractivity contribution in [2.24, 2.45) is 0 Å². The maximum Gasteiger partial charge on any atom is 0.0455 e. The summed E-state index contributed by atoms with van der Waals surface area (Å²) in [4.78, 5) is 2.17. The van der Waals surface area contributed by atoms with E-state index in [0.29, 0.717) is 6.54 Å². The molecule has 0 rings (SSSR count). The zero-order valence-electron chi connectivity index (χ0n) is 8.65. The van der Waals surface area contributed by atoms with E-state index in [0.717, 1.165) is 18.8 Å². The van der Waals surface area contributed by atoms with Crippen LogP contribution in [0.5, 0.6) is 0 Å². The maximum absolute atomic E-state index is 7.73. The summed E-state index contributed by atoms with van der Waals surface area (Å²) in [5.74, 6) is 0. The van der Waals surface area contributed by atoms with Crippen LogP contribution in [-0.2, 0) is 0 Å². The van der Waals surface area contributed by atoms with E-state index in [9.17, 15) is 0 Å². The summed E-state index contributed by atoms with van der Waals surface area (Å²) in [6.07, 6.45) is 0. The molecule has 0 amide bonds. The highest BCUT2D eigenvalue weighted by atomic mass is 15.1. The lowest BCUT2D eigenvalue weighted by molar-refractivity contribution is 0.325. The monoisotopic (exact) mass is 171 g/mol. The van der Waals surface area contributed by atoms with E-state index in [-0.39, 0.29) is 6.04 Å². The standard InChI is InChI=1S/C9H21N3/c1-5-11-7-9(10)8(3)12(4)6-2/h8,10-11H,5-7H2,1-4H3. The Kier molecular flexibility index (Phi) is 5.93. The van der Waals surface area contributed by atoms with Crippen LogP contribution < -0.4 is 5.32 Å². The van der Waals surface area contributed by atoms with Gasteiger partial charge in [-0.1, -0.05) is 13.8 Å². The Morgan fingerprint density at radius 3 is 2.50 bits per heavy atom. The molecule has 0 heterocycles. The molecule has 0 aromatic carbocycles. The van der Waals surface area contributed by atoms with E-state index in [1.54, 1.807) is 0 Å². The van der Waals surface area contributed by atoms with E-state index in [4.69, 9.17) is 5.41 Å². The minimum absolute atomic E-state index is 0.258. The normalized spacial score (nSPS) is 13.4. The first-order valence-corrected chi connectivity index (χ1v) is 4.61. The van der Waals surface area contributed by atoms with Gasteiger partial charge in [0.2, 0.25) is 0 Å². The van der Waals surface area contributed by atoms with Gasteiger partial charge in [-0.3, -0.25) is 4.90 Å². The van der Waals surface area contributed by atoms with Crippen LogP contribution in [0.4, 0.5) is 0 Å². The highest BCUT2D eigenvalue weighted by molar-refractivity contribution is 5.88. The van der Waals surface area contributed by atoms with Crippen LogP contribution in [0, 0.1) is 5.41 Å². The predicted molar refractivity (Wildman–Crippen MR) is 54.0 cm³/mol. The largest absolute Gasteiger partial charge is 0.312 e. The van der Waals surface area contributed by atoms with Crippen LogP contribution in [0.15, 0.2) is 0 Å². The van der Waals surface area contributed by atoms with Gasteiger partial charge in [0, 0.05) is 18.3 Å². The van der Waals surface area contributed by atoms with E-state index in [2.05, 4.69) is 31.0 Å². The molecule has 0 aliphatic carbocycles. The molecular formula is C9H21N3. The summed E-state index contributed by atoms with van der Waals surface area (Å²) in [7, 11) is 2.05. The summed E-state index contributed by atoms with van der Waals surface area (Å²) in [5.41, 5.74) is 0.765. The zero-order valence-corrected chi connectivity index (χ0v) is 8.65. The second-order valence-corrected chi connectivity index (χ2v) is 3.05. The van der Waals surface area contributed by atoms with Crippen molar-refractivity contribution in [2.45, 2.75) is 26.8 Å². The second kappa shape index (κ2) is 6.14. The molecule has 12 heavy (non-hydrogen) atoms. The molecule has 0 aromatic heterocycles. The molecule has 0 aromatic rings. The van der Waals surface area contributed by atoms with Gasteiger partial charge < -0.3 is 10.7 Å². The molecule has 0 fully saturated rings. The van der Waals surface area contributed by atoms with Gasteiger partial charge in [-0.2, -0.15) is 0 Å². The van der Waals surface area contributed by atoms with E-state index >= 15 is 0 Å². The summed E-state index contributed by atoms with van der Waals surface area (Å²) < 4.78 is 0. The minimum atomic E-state index is 0.258. The van der Waals surface area contributed by atoms with E-state index < -0.39 is 0 Å². The molecule has 3 nitrogen and oxygen atoms in total. The van der Waals surface area contributed by atoms with Crippen LogP contribution in [0.2, 0.25) is 0 Å². The van der Waals surface area contributed by atoms with Gasteiger partial charge in [0.05, 0.1) is 0 Å². The molecule has 0 aliphatic rings. The van der Waals surface area contributed by atoms with Crippen molar-refractivity contribution in [3.8, 4) is 0 Å². The first kappa shape index (κ1) is 11.6. The van der Waals surface area contributed by atoms with Gasteiger partial charge in [0.15, 0.2) is 0 Å². The topological polar surface area (TPSA) is 39.1 Å². The molecule has 0 saturated carbocycles.